The molecule has 1 N–H and O–H groups in total. The monoisotopic (exact) mass is 456 g/mol. The minimum absolute atomic E-state index is 0.0244. The molecule has 0 radical (unpaired) electrons. The van der Waals surface area contributed by atoms with Crippen LogP contribution in [0.5, 0.6) is 0 Å². The Hall–Kier alpha value is -3.32. The molecular formula is C24H25ClN2O5. The van der Waals surface area contributed by atoms with E-state index in [0.717, 1.165) is 5.70 Å². The maximum atomic E-state index is 12.7. The molecule has 0 saturated carbocycles. The first-order valence-corrected chi connectivity index (χ1v) is 10.4. The molecule has 3 rings (SSSR count). The van der Waals surface area contributed by atoms with Gasteiger partial charge in [0.1, 0.15) is 5.70 Å². The number of ether oxygens (including phenoxy) is 2. The lowest BCUT2D eigenvalue weighted by atomic mass is 9.79. The average Bonchev–Trinajstić information content (AvgIpc) is 2.95. The average molecular weight is 457 g/mol. The van der Waals surface area contributed by atoms with E-state index < -0.39 is 11.9 Å². The number of esters is 2. The van der Waals surface area contributed by atoms with E-state index in [9.17, 15) is 14.4 Å². The first kappa shape index (κ1) is 23.3. The summed E-state index contributed by atoms with van der Waals surface area (Å²) in [6.07, 6.45) is 9.15. The predicted octanol–water partition coefficient (Wildman–Crippen LogP) is 4.51. The molecule has 2 aliphatic rings. The van der Waals surface area contributed by atoms with Crippen LogP contribution in [0, 0.1) is 5.41 Å². The lowest BCUT2D eigenvalue weighted by Gasteiger charge is -2.31. The fraction of sp³-hybridized carbons (Fsp3) is 0.292. The first-order chi connectivity index (χ1) is 15.1. The lowest BCUT2D eigenvalue weighted by Crippen LogP contribution is -2.28. The van der Waals surface area contributed by atoms with Gasteiger partial charge in [-0.3, -0.25) is 4.79 Å². The van der Waals surface area contributed by atoms with Crippen LogP contribution in [0.4, 0.5) is 11.4 Å². The molecule has 0 atom stereocenters. The summed E-state index contributed by atoms with van der Waals surface area (Å²) in [6.45, 7) is 4.07. The van der Waals surface area contributed by atoms with Crippen LogP contribution in [0.2, 0.25) is 5.02 Å². The minimum Gasteiger partial charge on any atom is -0.465 e. The van der Waals surface area contributed by atoms with E-state index in [4.69, 9.17) is 21.1 Å². The standard InChI is InChI=1S/C24H25ClN2O5/c1-24(2)13-16(12-17(28)14-24)26-19-9-8-15(25)11-20(19)27-10-6-5-7-18(22(29)31-3)21(27)23(30)32-4/h5-12,26H,13-14H2,1-4H3. The fourth-order valence-electron chi connectivity index (χ4n) is 3.76. The quantitative estimate of drug-likeness (QED) is 0.652. The number of hydrogen-bond acceptors (Lipinski definition) is 7. The summed E-state index contributed by atoms with van der Waals surface area (Å²) in [4.78, 5) is 38.9. The van der Waals surface area contributed by atoms with Crippen molar-refractivity contribution in [3.8, 4) is 0 Å². The number of allylic oxidation sites excluding steroid dienone is 4. The van der Waals surface area contributed by atoms with Crippen LogP contribution in [0.15, 0.2) is 65.7 Å². The second-order valence-corrected chi connectivity index (χ2v) is 8.69. The topological polar surface area (TPSA) is 84.9 Å². The van der Waals surface area contributed by atoms with Gasteiger partial charge in [0.15, 0.2) is 5.78 Å². The van der Waals surface area contributed by atoms with E-state index in [2.05, 4.69) is 5.32 Å². The van der Waals surface area contributed by atoms with Crippen molar-refractivity contribution in [3.05, 3.63) is 70.7 Å². The highest BCUT2D eigenvalue weighted by atomic mass is 35.5. The van der Waals surface area contributed by atoms with E-state index in [-0.39, 0.29) is 22.5 Å². The summed E-state index contributed by atoms with van der Waals surface area (Å²) >= 11 is 6.29. The van der Waals surface area contributed by atoms with Gasteiger partial charge >= 0.3 is 11.9 Å². The highest BCUT2D eigenvalue weighted by Gasteiger charge is 2.30. The van der Waals surface area contributed by atoms with E-state index >= 15 is 0 Å². The van der Waals surface area contributed by atoms with Crippen molar-refractivity contribution in [3.63, 3.8) is 0 Å². The Morgan fingerprint density at radius 1 is 1.09 bits per heavy atom. The number of nitrogens with zero attached hydrogens (tertiary/aromatic N) is 1. The molecule has 168 valence electrons. The van der Waals surface area contributed by atoms with Crippen LogP contribution < -0.4 is 10.2 Å². The third-order valence-electron chi connectivity index (χ3n) is 5.06. The third kappa shape index (κ3) is 5.11. The van der Waals surface area contributed by atoms with Gasteiger partial charge in [0.2, 0.25) is 0 Å². The number of rotatable bonds is 5. The zero-order valence-corrected chi connectivity index (χ0v) is 19.2. The van der Waals surface area contributed by atoms with Crippen LogP contribution in [0.25, 0.3) is 0 Å². The van der Waals surface area contributed by atoms with Gasteiger partial charge in [-0.2, -0.15) is 0 Å². The van der Waals surface area contributed by atoms with Crippen LogP contribution in [0.3, 0.4) is 0 Å². The maximum Gasteiger partial charge on any atom is 0.355 e. The third-order valence-corrected chi connectivity index (χ3v) is 5.30. The summed E-state index contributed by atoms with van der Waals surface area (Å²) in [6, 6.07) is 5.11. The van der Waals surface area contributed by atoms with Crippen molar-refractivity contribution >= 4 is 40.7 Å². The number of carbonyl (C=O) groups is 3. The van der Waals surface area contributed by atoms with Crippen molar-refractivity contribution in [2.24, 2.45) is 5.41 Å². The number of halogens is 1. The number of nitrogens with one attached hydrogen (secondary N) is 1. The molecule has 1 aromatic rings. The second-order valence-electron chi connectivity index (χ2n) is 8.26. The first-order valence-electron chi connectivity index (χ1n) is 10.00. The van der Waals surface area contributed by atoms with Gasteiger partial charge in [-0.25, -0.2) is 9.59 Å². The molecule has 0 fully saturated rings. The van der Waals surface area contributed by atoms with E-state index in [1.807, 2.05) is 13.8 Å². The molecule has 1 aliphatic carbocycles. The lowest BCUT2D eigenvalue weighted by molar-refractivity contribution is -0.139. The van der Waals surface area contributed by atoms with Crippen molar-refractivity contribution in [1.29, 1.82) is 0 Å². The van der Waals surface area contributed by atoms with Crippen molar-refractivity contribution in [2.75, 3.05) is 24.4 Å². The highest BCUT2D eigenvalue weighted by molar-refractivity contribution is 6.31. The van der Waals surface area contributed by atoms with Gasteiger partial charge in [-0.05, 0) is 42.2 Å². The molecule has 0 amide bonds. The largest absolute Gasteiger partial charge is 0.465 e. The Morgan fingerprint density at radius 2 is 1.81 bits per heavy atom. The SMILES string of the molecule is COC(=O)C1=C(C(=O)OC)N(c2cc(Cl)ccc2NC2=CC(=O)CC(C)(C)C2)C=CC=C1. The van der Waals surface area contributed by atoms with Gasteiger partial charge in [0.05, 0.1) is 31.2 Å². The number of anilines is 2. The maximum absolute atomic E-state index is 12.7. The Morgan fingerprint density at radius 3 is 2.47 bits per heavy atom. The summed E-state index contributed by atoms with van der Waals surface area (Å²) in [7, 11) is 2.47. The summed E-state index contributed by atoms with van der Waals surface area (Å²) in [5, 5.41) is 3.74. The molecule has 1 aliphatic heterocycles. The van der Waals surface area contributed by atoms with Gasteiger partial charge < -0.3 is 19.7 Å². The molecule has 0 aromatic heterocycles. The number of hydrogen-bond donors (Lipinski definition) is 1. The van der Waals surface area contributed by atoms with Gasteiger partial charge in [0.25, 0.3) is 0 Å². The van der Waals surface area contributed by atoms with Gasteiger partial charge in [-0.1, -0.05) is 31.5 Å². The predicted molar refractivity (Wildman–Crippen MR) is 123 cm³/mol. The molecule has 1 aromatic carbocycles. The van der Waals surface area contributed by atoms with Gasteiger partial charge in [-0.15, -0.1) is 0 Å². The highest BCUT2D eigenvalue weighted by Crippen LogP contribution is 2.38. The van der Waals surface area contributed by atoms with E-state index in [1.54, 1.807) is 42.6 Å². The summed E-state index contributed by atoms with van der Waals surface area (Å²) in [5.41, 5.74) is 1.68. The number of ketones is 1. The summed E-state index contributed by atoms with van der Waals surface area (Å²) in [5.74, 6) is -1.36. The van der Waals surface area contributed by atoms with E-state index in [0.29, 0.717) is 29.2 Å². The molecule has 0 saturated heterocycles. The van der Waals surface area contributed by atoms with Crippen molar-refractivity contribution < 1.29 is 23.9 Å². The van der Waals surface area contributed by atoms with Crippen LogP contribution >= 0.6 is 11.6 Å². The molecule has 7 nitrogen and oxygen atoms in total. The smallest absolute Gasteiger partial charge is 0.355 e. The Labute approximate surface area is 192 Å². The molecule has 32 heavy (non-hydrogen) atoms. The number of benzene rings is 1. The summed E-state index contributed by atoms with van der Waals surface area (Å²) < 4.78 is 9.83. The Balaban J connectivity index is 2.14. The zero-order valence-electron chi connectivity index (χ0n) is 18.4. The Kier molecular flexibility index (Phi) is 6.89. The molecule has 8 heteroatoms. The second kappa shape index (κ2) is 9.44. The molecule has 0 spiro atoms. The minimum atomic E-state index is -0.722. The fourth-order valence-corrected chi connectivity index (χ4v) is 3.93. The number of carbonyl (C=O) groups excluding carboxylic acids is 3. The molecule has 1 heterocycles. The van der Waals surface area contributed by atoms with Crippen LogP contribution in [0.1, 0.15) is 26.7 Å². The van der Waals surface area contributed by atoms with Crippen LogP contribution in [-0.2, 0) is 23.9 Å². The van der Waals surface area contributed by atoms with E-state index in [1.165, 1.54) is 25.2 Å². The van der Waals surface area contributed by atoms with Crippen molar-refractivity contribution in [1.82, 2.24) is 0 Å². The molecule has 0 bridgehead atoms. The zero-order chi connectivity index (χ0) is 23.5. The van der Waals surface area contributed by atoms with Crippen molar-refractivity contribution in [2.45, 2.75) is 26.7 Å². The van der Waals surface area contributed by atoms with Gasteiger partial charge in [0, 0.05) is 29.4 Å². The Bertz CT molecular complexity index is 1080. The normalized spacial score (nSPS) is 17.6. The van der Waals surface area contributed by atoms with Crippen LogP contribution in [-0.4, -0.2) is 31.9 Å². The molecular weight excluding hydrogens is 432 g/mol. The number of methoxy groups -OCH3 is 2. The molecule has 0 unspecified atom stereocenters.